The average molecular weight is 346 g/mol. The number of carbonyl (C=O) groups is 3. The number of benzene rings is 1. The molecule has 0 radical (unpaired) electrons. The zero-order chi connectivity index (χ0) is 18.4. The second-order valence-electron chi connectivity index (χ2n) is 5.83. The molecule has 2 N–H and O–H groups in total. The highest BCUT2D eigenvalue weighted by molar-refractivity contribution is 5.85. The van der Waals surface area contributed by atoms with Crippen molar-refractivity contribution in [2.45, 2.75) is 31.8 Å². The molecule has 0 aromatic heterocycles. The largest absolute Gasteiger partial charge is 0.480 e. The lowest BCUT2D eigenvalue weighted by Crippen LogP contribution is -2.43. The van der Waals surface area contributed by atoms with Gasteiger partial charge >= 0.3 is 5.97 Å². The Morgan fingerprint density at radius 3 is 2.68 bits per heavy atom. The maximum Gasteiger partial charge on any atom is 0.326 e. The molecule has 0 saturated carbocycles. The van der Waals surface area contributed by atoms with Crippen molar-refractivity contribution in [1.82, 2.24) is 10.2 Å². The van der Waals surface area contributed by atoms with Crippen LogP contribution in [0.3, 0.4) is 0 Å². The number of hydrogen-bond acceptors (Lipinski definition) is 4. The predicted octanol–water partition coefficient (Wildman–Crippen LogP) is 1.56. The summed E-state index contributed by atoms with van der Waals surface area (Å²) in [5.41, 5.74) is 1.80. The van der Waals surface area contributed by atoms with Crippen LogP contribution >= 0.6 is 0 Å². The first-order valence-corrected chi connectivity index (χ1v) is 8.01. The number of aliphatic carboxylic acids is 1. The molecule has 2 rings (SSSR count). The molecule has 0 spiro atoms. The fraction of sp³-hybridized carbons (Fsp3) is 0.389. The van der Waals surface area contributed by atoms with Crippen molar-refractivity contribution in [2.75, 3.05) is 13.7 Å². The minimum absolute atomic E-state index is 0.0162. The van der Waals surface area contributed by atoms with E-state index in [1.807, 2.05) is 30.3 Å². The molecule has 0 saturated heterocycles. The van der Waals surface area contributed by atoms with Crippen molar-refractivity contribution in [2.24, 2.45) is 0 Å². The fourth-order valence-electron chi connectivity index (χ4n) is 2.84. The number of nitrogens with zero attached hydrogens (tertiary/aromatic N) is 1. The van der Waals surface area contributed by atoms with Gasteiger partial charge in [0.2, 0.25) is 11.8 Å². The molecule has 2 unspecified atom stereocenters. The monoisotopic (exact) mass is 346 g/mol. The third-order valence-corrected chi connectivity index (χ3v) is 4.09. The lowest BCUT2D eigenvalue weighted by atomic mass is 9.93. The van der Waals surface area contributed by atoms with E-state index in [-0.39, 0.29) is 25.4 Å². The van der Waals surface area contributed by atoms with Crippen LogP contribution in [0.2, 0.25) is 0 Å². The number of amides is 2. The van der Waals surface area contributed by atoms with Crippen molar-refractivity contribution in [3.05, 3.63) is 41.6 Å². The maximum atomic E-state index is 12.4. The molecular weight excluding hydrogens is 324 g/mol. The lowest BCUT2D eigenvalue weighted by molar-refractivity contribution is -0.142. The van der Waals surface area contributed by atoms with Crippen LogP contribution in [0.5, 0.6) is 0 Å². The van der Waals surface area contributed by atoms with Gasteiger partial charge in [0.05, 0.1) is 12.5 Å². The van der Waals surface area contributed by atoms with Crippen LogP contribution in [0.4, 0.5) is 0 Å². The Bertz CT molecular complexity index is 686. The number of rotatable bonds is 7. The average Bonchev–Trinajstić information content (AvgIpc) is 2.58. The van der Waals surface area contributed by atoms with Crippen LogP contribution in [0.1, 0.15) is 36.9 Å². The number of carboxylic acids is 1. The molecule has 1 heterocycles. The molecule has 1 aliphatic rings. The number of methoxy groups -OCH3 is 1. The smallest absolute Gasteiger partial charge is 0.326 e. The Morgan fingerprint density at radius 2 is 2.04 bits per heavy atom. The highest BCUT2D eigenvalue weighted by Crippen LogP contribution is 2.32. The van der Waals surface area contributed by atoms with Gasteiger partial charge in [-0.05, 0) is 17.2 Å². The van der Waals surface area contributed by atoms with Crippen LogP contribution in [0.15, 0.2) is 30.5 Å². The van der Waals surface area contributed by atoms with Crippen molar-refractivity contribution >= 4 is 23.9 Å². The minimum atomic E-state index is -1.11. The van der Waals surface area contributed by atoms with Crippen LogP contribution < -0.4 is 5.32 Å². The molecule has 2 amide bonds. The summed E-state index contributed by atoms with van der Waals surface area (Å²) in [6.07, 6.45) is 3.64. The summed E-state index contributed by atoms with van der Waals surface area (Å²) in [7, 11) is 1.47. The summed E-state index contributed by atoms with van der Waals surface area (Å²) in [5.74, 6) is -1.72. The van der Waals surface area contributed by atoms with E-state index < -0.39 is 24.0 Å². The molecule has 2 atom stereocenters. The first-order valence-electron chi connectivity index (χ1n) is 8.01. The molecule has 7 nitrogen and oxygen atoms in total. The van der Waals surface area contributed by atoms with Crippen molar-refractivity contribution in [3.8, 4) is 0 Å². The van der Waals surface area contributed by atoms with Gasteiger partial charge in [-0.2, -0.15) is 0 Å². The van der Waals surface area contributed by atoms with Gasteiger partial charge in [-0.1, -0.05) is 24.3 Å². The second-order valence-corrected chi connectivity index (χ2v) is 5.83. The number of carboxylic acid groups (broad SMARTS) is 1. The van der Waals surface area contributed by atoms with Crippen molar-refractivity contribution in [3.63, 3.8) is 0 Å². The van der Waals surface area contributed by atoms with E-state index in [9.17, 15) is 19.5 Å². The predicted molar refractivity (Wildman–Crippen MR) is 91.4 cm³/mol. The quantitative estimate of drug-likeness (QED) is 0.781. The summed E-state index contributed by atoms with van der Waals surface area (Å²) >= 11 is 0. The zero-order valence-corrected chi connectivity index (χ0v) is 14.3. The third kappa shape index (κ3) is 4.67. The van der Waals surface area contributed by atoms with Crippen LogP contribution in [0.25, 0.3) is 6.08 Å². The Balaban J connectivity index is 2.15. The summed E-state index contributed by atoms with van der Waals surface area (Å²) in [5, 5.41) is 11.7. The Kier molecular flexibility index (Phi) is 6.30. The van der Waals surface area contributed by atoms with Gasteiger partial charge in [0.1, 0.15) is 6.04 Å². The van der Waals surface area contributed by atoms with E-state index in [2.05, 4.69) is 5.32 Å². The van der Waals surface area contributed by atoms with Gasteiger partial charge in [-0.15, -0.1) is 0 Å². The first kappa shape index (κ1) is 18.7. The molecule has 134 valence electrons. The molecule has 7 heteroatoms. The SMILES string of the molecule is COCCC(NC(=O)CC1c2ccccc2C=CN1C(C)=O)C(=O)O. The fourth-order valence-corrected chi connectivity index (χ4v) is 2.84. The molecule has 0 fully saturated rings. The Hall–Kier alpha value is -2.67. The number of nitrogens with one attached hydrogen (secondary N) is 1. The summed E-state index contributed by atoms with van der Waals surface area (Å²) in [6.45, 7) is 1.66. The van der Waals surface area contributed by atoms with E-state index in [0.717, 1.165) is 11.1 Å². The van der Waals surface area contributed by atoms with Crippen molar-refractivity contribution < 1.29 is 24.2 Å². The van der Waals surface area contributed by atoms with E-state index in [4.69, 9.17) is 4.74 Å². The Morgan fingerprint density at radius 1 is 1.32 bits per heavy atom. The van der Waals surface area contributed by atoms with Gasteiger partial charge in [-0.25, -0.2) is 4.79 Å². The topological polar surface area (TPSA) is 95.9 Å². The number of ether oxygens (including phenoxy) is 1. The normalized spacial score (nSPS) is 16.9. The third-order valence-electron chi connectivity index (χ3n) is 4.09. The van der Waals surface area contributed by atoms with Crippen LogP contribution in [-0.4, -0.2) is 47.5 Å². The van der Waals surface area contributed by atoms with Gasteiger partial charge in [0, 0.05) is 33.3 Å². The zero-order valence-electron chi connectivity index (χ0n) is 14.3. The molecule has 1 aromatic rings. The number of fused-ring (bicyclic) bond motifs is 1. The summed E-state index contributed by atoms with van der Waals surface area (Å²) in [4.78, 5) is 37.0. The van der Waals surface area contributed by atoms with E-state index in [0.29, 0.717) is 0 Å². The van der Waals surface area contributed by atoms with Gasteiger partial charge in [-0.3, -0.25) is 9.59 Å². The minimum Gasteiger partial charge on any atom is -0.480 e. The number of carbonyl (C=O) groups excluding carboxylic acids is 2. The van der Waals surface area contributed by atoms with E-state index >= 15 is 0 Å². The molecule has 1 aromatic carbocycles. The summed E-state index contributed by atoms with van der Waals surface area (Å²) < 4.78 is 4.87. The first-order chi connectivity index (χ1) is 11.9. The maximum absolute atomic E-state index is 12.4. The standard InChI is InChI=1S/C18H22N2O5/c1-12(21)20-9-7-13-5-3-4-6-14(13)16(20)11-17(22)19-15(18(23)24)8-10-25-2/h3-7,9,15-16H,8,10-11H2,1-2H3,(H,19,22)(H,23,24). The van der Waals surface area contributed by atoms with Gasteiger partial charge < -0.3 is 20.1 Å². The Labute approximate surface area is 146 Å². The van der Waals surface area contributed by atoms with E-state index in [1.165, 1.54) is 18.9 Å². The highest BCUT2D eigenvalue weighted by Gasteiger charge is 2.29. The second kappa shape index (κ2) is 8.43. The van der Waals surface area contributed by atoms with Gasteiger partial charge in [0.15, 0.2) is 0 Å². The highest BCUT2D eigenvalue weighted by atomic mass is 16.5. The molecule has 0 bridgehead atoms. The van der Waals surface area contributed by atoms with Crippen LogP contribution in [0, 0.1) is 0 Å². The van der Waals surface area contributed by atoms with Crippen LogP contribution in [-0.2, 0) is 19.1 Å². The lowest BCUT2D eigenvalue weighted by Gasteiger charge is -2.32. The van der Waals surface area contributed by atoms with Crippen molar-refractivity contribution in [1.29, 1.82) is 0 Å². The molecule has 0 aliphatic carbocycles. The molecular formula is C18H22N2O5. The van der Waals surface area contributed by atoms with E-state index in [1.54, 1.807) is 6.20 Å². The number of hydrogen-bond donors (Lipinski definition) is 2. The molecule has 1 aliphatic heterocycles. The van der Waals surface area contributed by atoms with Gasteiger partial charge in [0.25, 0.3) is 0 Å². The molecule has 25 heavy (non-hydrogen) atoms. The summed E-state index contributed by atoms with van der Waals surface area (Å²) in [6, 6.07) is 6.02.